The van der Waals surface area contributed by atoms with E-state index in [1.807, 2.05) is 37.3 Å². The summed E-state index contributed by atoms with van der Waals surface area (Å²) in [6.07, 6.45) is 0. The summed E-state index contributed by atoms with van der Waals surface area (Å²) in [4.78, 5) is 0. The summed E-state index contributed by atoms with van der Waals surface area (Å²) in [6, 6.07) is 12.6. The number of benzene rings is 2. The number of oxime groups is 1. The van der Waals surface area contributed by atoms with Gasteiger partial charge < -0.3 is 10.3 Å². The standard InChI is InChI=1S/C14H12BrNO2/c1-9-7-11(13(17)8-12(9)15)14(16-18)10-5-3-2-4-6-10/h2-8,17-18H,1H3/b16-14+. The number of halogens is 1. The van der Waals surface area contributed by atoms with Gasteiger partial charge in [0.25, 0.3) is 0 Å². The van der Waals surface area contributed by atoms with Gasteiger partial charge >= 0.3 is 0 Å². The summed E-state index contributed by atoms with van der Waals surface area (Å²) in [5.74, 6) is 0.0733. The van der Waals surface area contributed by atoms with Gasteiger partial charge in [0, 0.05) is 15.6 Å². The van der Waals surface area contributed by atoms with E-state index in [1.54, 1.807) is 12.1 Å². The van der Waals surface area contributed by atoms with E-state index in [0.29, 0.717) is 11.3 Å². The zero-order chi connectivity index (χ0) is 13.1. The molecule has 2 aromatic carbocycles. The van der Waals surface area contributed by atoms with Crippen molar-refractivity contribution in [2.45, 2.75) is 6.92 Å². The van der Waals surface area contributed by atoms with Gasteiger partial charge in [-0.1, -0.05) is 51.4 Å². The van der Waals surface area contributed by atoms with Gasteiger partial charge in [0.1, 0.15) is 11.5 Å². The number of phenols is 1. The van der Waals surface area contributed by atoms with Crippen molar-refractivity contribution in [1.29, 1.82) is 0 Å². The zero-order valence-corrected chi connectivity index (χ0v) is 11.3. The number of hydrogen-bond donors (Lipinski definition) is 2. The molecule has 0 heterocycles. The average Bonchev–Trinajstić information content (AvgIpc) is 2.38. The molecule has 0 aliphatic carbocycles. The Morgan fingerprint density at radius 3 is 2.44 bits per heavy atom. The predicted octanol–water partition coefficient (Wildman–Crippen LogP) is 3.69. The van der Waals surface area contributed by atoms with Crippen LogP contribution in [-0.2, 0) is 0 Å². The number of rotatable bonds is 2. The highest BCUT2D eigenvalue weighted by atomic mass is 79.9. The van der Waals surface area contributed by atoms with E-state index in [4.69, 9.17) is 0 Å². The van der Waals surface area contributed by atoms with Crippen LogP contribution in [0.15, 0.2) is 52.1 Å². The molecule has 0 spiro atoms. The van der Waals surface area contributed by atoms with Gasteiger partial charge in [0.2, 0.25) is 0 Å². The second-order valence-electron chi connectivity index (χ2n) is 3.93. The van der Waals surface area contributed by atoms with E-state index in [0.717, 1.165) is 15.6 Å². The van der Waals surface area contributed by atoms with Gasteiger partial charge in [-0.25, -0.2) is 0 Å². The van der Waals surface area contributed by atoms with Crippen LogP contribution in [0.2, 0.25) is 0 Å². The molecule has 0 unspecified atom stereocenters. The second-order valence-corrected chi connectivity index (χ2v) is 4.79. The van der Waals surface area contributed by atoms with Crippen LogP contribution in [0.4, 0.5) is 0 Å². The maximum absolute atomic E-state index is 9.96. The van der Waals surface area contributed by atoms with Crippen LogP contribution in [0.5, 0.6) is 5.75 Å². The van der Waals surface area contributed by atoms with Crippen molar-refractivity contribution in [2.75, 3.05) is 0 Å². The molecule has 4 heteroatoms. The molecule has 0 saturated carbocycles. The Bertz CT molecular complexity index is 594. The highest BCUT2D eigenvalue weighted by Crippen LogP contribution is 2.28. The normalized spacial score (nSPS) is 11.6. The van der Waals surface area contributed by atoms with Crippen LogP contribution in [0.1, 0.15) is 16.7 Å². The summed E-state index contributed by atoms with van der Waals surface area (Å²) >= 11 is 3.35. The predicted molar refractivity (Wildman–Crippen MR) is 74.4 cm³/mol. The second kappa shape index (κ2) is 5.23. The molecule has 0 saturated heterocycles. The fourth-order valence-electron chi connectivity index (χ4n) is 1.72. The first-order valence-electron chi connectivity index (χ1n) is 5.40. The molecule has 0 amide bonds. The number of aryl methyl sites for hydroxylation is 1. The Labute approximate surface area is 114 Å². The van der Waals surface area contributed by atoms with E-state index in [1.165, 1.54) is 0 Å². The summed E-state index contributed by atoms with van der Waals surface area (Å²) in [7, 11) is 0. The summed E-state index contributed by atoms with van der Waals surface area (Å²) in [5.41, 5.74) is 2.56. The Morgan fingerprint density at radius 1 is 1.17 bits per heavy atom. The van der Waals surface area contributed by atoms with Crippen molar-refractivity contribution >= 4 is 21.6 Å². The topological polar surface area (TPSA) is 52.8 Å². The first-order chi connectivity index (χ1) is 8.63. The van der Waals surface area contributed by atoms with Gasteiger partial charge in [-0.15, -0.1) is 0 Å². The van der Waals surface area contributed by atoms with E-state index < -0.39 is 0 Å². The van der Waals surface area contributed by atoms with E-state index in [-0.39, 0.29) is 5.75 Å². The largest absolute Gasteiger partial charge is 0.507 e. The van der Waals surface area contributed by atoms with Gasteiger partial charge in [-0.2, -0.15) is 0 Å². The number of aromatic hydroxyl groups is 1. The SMILES string of the molecule is Cc1cc(/C(=N/O)c2ccccc2)c(O)cc1Br. The molecular formula is C14H12BrNO2. The average molecular weight is 306 g/mol. The minimum atomic E-state index is 0.0733. The van der Waals surface area contributed by atoms with Crippen LogP contribution in [0.3, 0.4) is 0 Å². The lowest BCUT2D eigenvalue weighted by atomic mass is 10.00. The Kier molecular flexibility index (Phi) is 3.67. The number of nitrogens with zero attached hydrogens (tertiary/aromatic N) is 1. The van der Waals surface area contributed by atoms with Crippen LogP contribution >= 0.6 is 15.9 Å². The van der Waals surface area contributed by atoms with Crippen LogP contribution in [-0.4, -0.2) is 16.0 Å². The fraction of sp³-hybridized carbons (Fsp3) is 0.0714. The lowest BCUT2D eigenvalue weighted by Gasteiger charge is -2.09. The van der Waals surface area contributed by atoms with Crippen molar-refractivity contribution in [1.82, 2.24) is 0 Å². The van der Waals surface area contributed by atoms with Crippen molar-refractivity contribution < 1.29 is 10.3 Å². The van der Waals surface area contributed by atoms with Crippen LogP contribution < -0.4 is 0 Å². The van der Waals surface area contributed by atoms with Crippen molar-refractivity contribution in [3.8, 4) is 5.75 Å². The molecule has 2 rings (SSSR count). The maximum Gasteiger partial charge on any atom is 0.126 e. The fourth-order valence-corrected chi connectivity index (χ4v) is 2.06. The van der Waals surface area contributed by atoms with E-state index in [2.05, 4.69) is 21.1 Å². The third-order valence-corrected chi connectivity index (χ3v) is 3.53. The highest BCUT2D eigenvalue weighted by molar-refractivity contribution is 9.10. The molecular weight excluding hydrogens is 294 g/mol. The van der Waals surface area contributed by atoms with Crippen molar-refractivity contribution in [2.24, 2.45) is 5.16 Å². The van der Waals surface area contributed by atoms with Crippen LogP contribution in [0.25, 0.3) is 0 Å². The minimum absolute atomic E-state index is 0.0733. The van der Waals surface area contributed by atoms with Crippen molar-refractivity contribution in [3.05, 3.63) is 63.6 Å². The maximum atomic E-state index is 9.96. The Balaban J connectivity index is 2.57. The third kappa shape index (κ3) is 2.38. The van der Waals surface area contributed by atoms with E-state index in [9.17, 15) is 10.3 Å². The third-order valence-electron chi connectivity index (χ3n) is 2.68. The molecule has 3 nitrogen and oxygen atoms in total. The first-order valence-corrected chi connectivity index (χ1v) is 6.19. The molecule has 0 bridgehead atoms. The molecule has 0 fully saturated rings. The number of hydrogen-bond acceptors (Lipinski definition) is 3. The lowest BCUT2D eigenvalue weighted by molar-refractivity contribution is 0.319. The smallest absolute Gasteiger partial charge is 0.126 e. The molecule has 0 aliphatic rings. The summed E-state index contributed by atoms with van der Waals surface area (Å²) in [5, 5.41) is 22.4. The molecule has 0 aromatic heterocycles. The monoisotopic (exact) mass is 305 g/mol. The molecule has 0 atom stereocenters. The molecule has 2 N–H and O–H groups in total. The van der Waals surface area contributed by atoms with Gasteiger partial charge in [-0.05, 0) is 24.6 Å². The molecule has 2 aromatic rings. The minimum Gasteiger partial charge on any atom is -0.507 e. The molecule has 0 aliphatic heterocycles. The summed E-state index contributed by atoms with van der Waals surface area (Å²) < 4.78 is 0.814. The quantitative estimate of drug-likeness (QED) is 0.505. The van der Waals surface area contributed by atoms with Crippen LogP contribution in [0, 0.1) is 6.92 Å². The van der Waals surface area contributed by atoms with Gasteiger partial charge in [0.15, 0.2) is 0 Å². The molecule has 92 valence electrons. The lowest BCUT2D eigenvalue weighted by Crippen LogP contribution is -2.04. The van der Waals surface area contributed by atoms with Gasteiger partial charge in [0.05, 0.1) is 0 Å². The van der Waals surface area contributed by atoms with Gasteiger partial charge in [-0.3, -0.25) is 0 Å². The molecule has 18 heavy (non-hydrogen) atoms. The van der Waals surface area contributed by atoms with Crippen molar-refractivity contribution in [3.63, 3.8) is 0 Å². The highest BCUT2D eigenvalue weighted by Gasteiger charge is 2.13. The zero-order valence-electron chi connectivity index (χ0n) is 9.76. The Morgan fingerprint density at radius 2 is 1.83 bits per heavy atom. The number of phenolic OH excluding ortho intramolecular Hbond substituents is 1. The first kappa shape index (κ1) is 12.6. The summed E-state index contributed by atoms with van der Waals surface area (Å²) in [6.45, 7) is 1.91. The van der Waals surface area contributed by atoms with E-state index >= 15 is 0 Å². The molecule has 0 radical (unpaired) electrons. The Hall–Kier alpha value is -1.81.